The van der Waals surface area contributed by atoms with E-state index in [1.165, 1.54) is 13.0 Å². The van der Waals surface area contributed by atoms with Gasteiger partial charge in [0, 0.05) is 18.8 Å². The van der Waals surface area contributed by atoms with Gasteiger partial charge in [0.2, 0.25) is 5.91 Å². The Morgan fingerprint density at radius 2 is 1.64 bits per heavy atom. The molecule has 7 heteroatoms. The number of aryl methyl sites for hydroxylation is 2. The van der Waals surface area contributed by atoms with Crippen molar-refractivity contribution in [3.05, 3.63) is 83.3 Å². The highest BCUT2D eigenvalue weighted by atomic mass is 19.1. The van der Waals surface area contributed by atoms with Crippen molar-refractivity contribution in [3.63, 3.8) is 0 Å². The molecule has 172 valence electrons. The minimum absolute atomic E-state index is 0.0438. The molecule has 0 saturated carbocycles. The third kappa shape index (κ3) is 7.14. The standard InChI is InChI=1S/C26H29FN4O2/c1-17(32)29-24-15-19(12-13-28-24)9-8-18-10-11-23(22(27)14-18)31-25(33)30-21-7-5-6-20(16-21)26(2,3)4/h5-7,10-16H,8-9H2,1-4H3,(H,28,29,32)(H2,30,31,33). The number of pyridine rings is 1. The van der Waals surface area contributed by atoms with Gasteiger partial charge >= 0.3 is 6.03 Å². The number of amides is 3. The summed E-state index contributed by atoms with van der Waals surface area (Å²) in [5, 5.41) is 7.98. The van der Waals surface area contributed by atoms with Crippen LogP contribution in [0.5, 0.6) is 0 Å². The summed E-state index contributed by atoms with van der Waals surface area (Å²) >= 11 is 0. The molecule has 3 N–H and O–H groups in total. The van der Waals surface area contributed by atoms with E-state index >= 15 is 0 Å². The summed E-state index contributed by atoms with van der Waals surface area (Å²) in [5.41, 5.74) is 3.59. The van der Waals surface area contributed by atoms with E-state index in [2.05, 4.69) is 41.7 Å². The van der Waals surface area contributed by atoms with E-state index in [-0.39, 0.29) is 17.0 Å². The van der Waals surface area contributed by atoms with E-state index in [0.717, 1.165) is 16.7 Å². The first-order chi connectivity index (χ1) is 15.6. The average Bonchev–Trinajstić information content (AvgIpc) is 2.73. The summed E-state index contributed by atoms with van der Waals surface area (Å²) in [6, 6.07) is 15.5. The van der Waals surface area contributed by atoms with Crippen LogP contribution in [0.1, 0.15) is 44.4 Å². The predicted octanol–water partition coefficient (Wildman–Crippen LogP) is 5.91. The minimum Gasteiger partial charge on any atom is -0.311 e. The van der Waals surface area contributed by atoms with Crippen molar-refractivity contribution in [2.75, 3.05) is 16.0 Å². The molecule has 0 saturated heterocycles. The van der Waals surface area contributed by atoms with Gasteiger partial charge in [-0.3, -0.25) is 4.79 Å². The molecule has 0 aliphatic heterocycles. The van der Waals surface area contributed by atoms with Crippen LogP contribution in [0.4, 0.5) is 26.4 Å². The van der Waals surface area contributed by atoms with Gasteiger partial charge in [0.15, 0.2) is 0 Å². The number of hydrogen-bond donors (Lipinski definition) is 3. The molecule has 33 heavy (non-hydrogen) atoms. The molecule has 2 aromatic carbocycles. The van der Waals surface area contributed by atoms with Crippen LogP contribution in [-0.4, -0.2) is 16.9 Å². The fourth-order valence-electron chi connectivity index (χ4n) is 3.33. The van der Waals surface area contributed by atoms with Gasteiger partial charge in [0.1, 0.15) is 11.6 Å². The van der Waals surface area contributed by atoms with Crippen LogP contribution >= 0.6 is 0 Å². The Kier molecular flexibility index (Phi) is 7.43. The van der Waals surface area contributed by atoms with Crippen LogP contribution in [-0.2, 0) is 23.1 Å². The highest BCUT2D eigenvalue weighted by Crippen LogP contribution is 2.25. The molecule has 1 heterocycles. The highest BCUT2D eigenvalue weighted by molar-refractivity contribution is 5.99. The smallest absolute Gasteiger partial charge is 0.311 e. The van der Waals surface area contributed by atoms with Gasteiger partial charge in [0.25, 0.3) is 0 Å². The van der Waals surface area contributed by atoms with Crippen molar-refractivity contribution in [1.82, 2.24) is 4.98 Å². The van der Waals surface area contributed by atoms with Gasteiger partial charge in [-0.1, -0.05) is 39.0 Å². The number of nitrogens with zero attached hydrogens (tertiary/aromatic N) is 1. The number of hydrogen-bond acceptors (Lipinski definition) is 3. The second kappa shape index (κ2) is 10.3. The van der Waals surface area contributed by atoms with Gasteiger partial charge in [-0.05, 0) is 71.3 Å². The Hall–Kier alpha value is -3.74. The summed E-state index contributed by atoms with van der Waals surface area (Å²) in [5.74, 6) is -0.194. The number of aromatic nitrogens is 1. The van der Waals surface area contributed by atoms with E-state index in [1.54, 1.807) is 30.5 Å². The lowest BCUT2D eigenvalue weighted by Gasteiger charge is -2.20. The third-order valence-corrected chi connectivity index (χ3v) is 5.10. The van der Waals surface area contributed by atoms with E-state index < -0.39 is 11.8 Å². The molecule has 0 radical (unpaired) electrons. The normalized spacial score (nSPS) is 11.1. The van der Waals surface area contributed by atoms with Crippen molar-refractivity contribution in [2.45, 2.75) is 46.0 Å². The Bertz CT molecular complexity index is 1160. The zero-order valence-corrected chi connectivity index (χ0v) is 19.3. The maximum Gasteiger partial charge on any atom is 0.323 e. The Labute approximate surface area is 193 Å². The summed E-state index contributed by atoms with van der Waals surface area (Å²) in [6.45, 7) is 7.72. The zero-order chi connectivity index (χ0) is 24.0. The quantitative estimate of drug-likeness (QED) is 0.439. The lowest BCUT2D eigenvalue weighted by molar-refractivity contribution is -0.114. The second-order valence-electron chi connectivity index (χ2n) is 8.95. The lowest BCUT2D eigenvalue weighted by Crippen LogP contribution is -2.20. The first-order valence-corrected chi connectivity index (χ1v) is 10.8. The Morgan fingerprint density at radius 3 is 2.30 bits per heavy atom. The SMILES string of the molecule is CC(=O)Nc1cc(CCc2ccc(NC(=O)Nc3cccc(C(C)(C)C)c3)c(F)c2)ccn1. The number of urea groups is 1. The molecule has 3 aromatic rings. The van der Waals surface area contributed by atoms with Crippen LogP contribution < -0.4 is 16.0 Å². The average molecular weight is 449 g/mol. The van der Waals surface area contributed by atoms with Crippen molar-refractivity contribution < 1.29 is 14.0 Å². The molecule has 0 atom stereocenters. The first kappa shape index (κ1) is 23.9. The second-order valence-corrected chi connectivity index (χ2v) is 8.95. The van der Waals surface area contributed by atoms with Gasteiger partial charge in [-0.25, -0.2) is 14.2 Å². The molecular weight excluding hydrogens is 419 g/mol. The number of rotatable bonds is 6. The van der Waals surface area contributed by atoms with Crippen LogP contribution in [0.3, 0.4) is 0 Å². The van der Waals surface area contributed by atoms with Gasteiger partial charge < -0.3 is 16.0 Å². The summed E-state index contributed by atoms with van der Waals surface area (Å²) < 4.78 is 14.6. The van der Waals surface area contributed by atoms with Crippen molar-refractivity contribution >= 4 is 29.1 Å². The fourth-order valence-corrected chi connectivity index (χ4v) is 3.33. The number of anilines is 3. The van der Waals surface area contributed by atoms with Gasteiger partial charge in [-0.15, -0.1) is 0 Å². The van der Waals surface area contributed by atoms with Gasteiger partial charge in [-0.2, -0.15) is 0 Å². The molecule has 3 rings (SSSR count). The minimum atomic E-state index is -0.505. The third-order valence-electron chi connectivity index (χ3n) is 5.10. The van der Waals surface area contributed by atoms with Crippen molar-refractivity contribution in [2.24, 2.45) is 0 Å². The number of carbonyl (C=O) groups excluding carboxylic acids is 2. The maximum absolute atomic E-state index is 14.6. The zero-order valence-electron chi connectivity index (χ0n) is 19.3. The van der Waals surface area contributed by atoms with Crippen LogP contribution in [0.15, 0.2) is 60.8 Å². The van der Waals surface area contributed by atoms with E-state index in [1.807, 2.05) is 24.3 Å². The first-order valence-electron chi connectivity index (χ1n) is 10.8. The Morgan fingerprint density at radius 1 is 0.909 bits per heavy atom. The van der Waals surface area contributed by atoms with Crippen molar-refractivity contribution in [3.8, 4) is 0 Å². The molecule has 0 aliphatic carbocycles. The van der Waals surface area contributed by atoms with Crippen LogP contribution in [0, 0.1) is 5.82 Å². The fraction of sp³-hybridized carbons (Fsp3) is 0.269. The molecule has 0 spiro atoms. The van der Waals surface area contributed by atoms with E-state index in [4.69, 9.17) is 0 Å². The lowest BCUT2D eigenvalue weighted by atomic mass is 9.87. The number of halogens is 1. The molecule has 0 bridgehead atoms. The number of benzene rings is 2. The number of nitrogens with one attached hydrogen (secondary N) is 3. The topological polar surface area (TPSA) is 83.1 Å². The monoisotopic (exact) mass is 448 g/mol. The predicted molar refractivity (Wildman–Crippen MR) is 130 cm³/mol. The molecular formula is C26H29FN4O2. The Balaban J connectivity index is 1.59. The molecule has 0 fully saturated rings. The summed E-state index contributed by atoms with van der Waals surface area (Å²) in [7, 11) is 0. The van der Waals surface area contributed by atoms with E-state index in [0.29, 0.717) is 24.3 Å². The summed E-state index contributed by atoms with van der Waals surface area (Å²) in [4.78, 5) is 27.6. The molecule has 1 aromatic heterocycles. The molecule has 6 nitrogen and oxygen atoms in total. The maximum atomic E-state index is 14.6. The molecule has 0 unspecified atom stereocenters. The summed E-state index contributed by atoms with van der Waals surface area (Å²) in [6.07, 6.45) is 2.89. The van der Waals surface area contributed by atoms with E-state index in [9.17, 15) is 14.0 Å². The molecule has 3 amide bonds. The van der Waals surface area contributed by atoms with Crippen LogP contribution in [0.25, 0.3) is 0 Å². The number of carbonyl (C=O) groups is 2. The largest absolute Gasteiger partial charge is 0.323 e. The molecule has 0 aliphatic rings. The van der Waals surface area contributed by atoms with Crippen LogP contribution in [0.2, 0.25) is 0 Å². The van der Waals surface area contributed by atoms with Crippen molar-refractivity contribution in [1.29, 1.82) is 0 Å². The highest BCUT2D eigenvalue weighted by Gasteiger charge is 2.14. The van der Waals surface area contributed by atoms with Gasteiger partial charge in [0.05, 0.1) is 5.69 Å².